The highest BCUT2D eigenvalue weighted by molar-refractivity contribution is 5.92. The van der Waals surface area contributed by atoms with Crippen molar-refractivity contribution in [3.63, 3.8) is 0 Å². The average molecular weight is 416 g/mol. The number of allylic oxidation sites excluding steroid dienone is 4. The van der Waals surface area contributed by atoms with Gasteiger partial charge in [-0.15, -0.1) is 0 Å². The Balaban J connectivity index is 1.16. The minimum atomic E-state index is -0.0810. The Labute approximate surface area is 182 Å². The number of nitrogens with zero attached hydrogens (tertiary/aromatic N) is 4. The van der Waals surface area contributed by atoms with E-state index in [1.165, 1.54) is 5.70 Å². The highest BCUT2D eigenvalue weighted by Crippen LogP contribution is 2.52. The van der Waals surface area contributed by atoms with Gasteiger partial charge < -0.3 is 19.5 Å². The Kier molecular flexibility index (Phi) is 4.32. The lowest BCUT2D eigenvalue weighted by molar-refractivity contribution is 0.0298. The van der Waals surface area contributed by atoms with E-state index in [0.29, 0.717) is 42.0 Å². The van der Waals surface area contributed by atoms with Crippen molar-refractivity contribution >= 4 is 11.6 Å². The average Bonchev–Trinajstić information content (AvgIpc) is 3.35. The van der Waals surface area contributed by atoms with Gasteiger partial charge >= 0.3 is 0 Å². The molecule has 6 nitrogen and oxygen atoms in total. The monoisotopic (exact) mass is 415 g/mol. The van der Waals surface area contributed by atoms with Crippen molar-refractivity contribution < 1.29 is 4.79 Å². The normalized spacial score (nSPS) is 31.8. The molecule has 0 aromatic carbocycles. The molecule has 4 heterocycles. The number of rotatable bonds is 3. The molecule has 0 bridgehead atoms. The SMILES string of the molecule is CN1C=C2C[C@@H]3[C@H](C[C@@H](CNC(=O)c4cn5ccccc5n4)CN3C)C3C=CC=C1C23. The number of likely N-dealkylation sites (tertiary alicyclic amines) is 1. The molecule has 2 aromatic rings. The van der Waals surface area contributed by atoms with Crippen LogP contribution in [0.15, 0.2) is 66.3 Å². The molecule has 2 fully saturated rings. The minimum absolute atomic E-state index is 0.0810. The number of imidazole rings is 1. The highest BCUT2D eigenvalue weighted by Gasteiger charge is 2.49. The van der Waals surface area contributed by atoms with Gasteiger partial charge in [-0.25, -0.2) is 4.98 Å². The quantitative estimate of drug-likeness (QED) is 0.838. The number of pyridine rings is 1. The first-order valence-electron chi connectivity index (χ1n) is 11.3. The van der Waals surface area contributed by atoms with Crippen LogP contribution in [0.3, 0.4) is 0 Å². The Bertz CT molecular complexity index is 1090. The Morgan fingerprint density at radius 1 is 1.29 bits per heavy atom. The zero-order valence-corrected chi connectivity index (χ0v) is 18.1. The van der Waals surface area contributed by atoms with Crippen LogP contribution in [0.5, 0.6) is 0 Å². The standard InChI is InChI=1S/C25H29N5O/c1-28-13-16(12-26-25(31)20-15-30-9-4-3-8-23(30)27-20)10-19-18-6-5-7-21-24(18)17(11-22(19)28)14-29(21)2/h3-9,14-16,18-19,22,24H,10-13H2,1-2H3,(H,26,31)/t16-,18?,19+,22+,24?/m0/s1. The van der Waals surface area contributed by atoms with Crippen molar-refractivity contribution in [1.82, 2.24) is 24.5 Å². The van der Waals surface area contributed by atoms with Crippen LogP contribution in [0.1, 0.15) is 23.3 Å². The van der Waals surface area contributed by atoms with Crippen molar-refractivity contribution in [2.45, 2.75) is 18.9 Å². The lowest BCUT2D eigenvalue weighted by Crippen LogP contribution is -2.54. The van der Waals surface area contributed by atoms with Crippen molar-refractivity contribution in [3.05, 3.63) is 72.0 Å². The summed E-state index contributed by atoms with van der Waals surface area (Å²) >= 11 is 0. The lowest BCUT2D eigenvalue weighted by atomic mass is 9.61. The maximum Gasteiger partial charge on any atom is 0.271 e. The fraction of sp³-hybridized carbons (Fsp3) is 0.440. The summed E-state index contributed by atoms with van der Waals surface area (Å²) in [5.41, 5.74) is 4.33. The number of fused-ring (bicyclic) bond motifs is 3. The van der Waals surface area contributed by atoms with Gasteiger partial charge in [-0.1, -0.05) is 18.2 Å². The van der Waals surface area contributed by atoms with E-state index in [-0.39, 0.29) is 5.91 Å². The number of piperidine rings is 1. The molecule has 1 saturated carbocycles. The van der Waals surface area contributed by atoms with E-state index in [1.807, 2.05) is 28.8 Å². The number of hydrogen-bond acceptors (Lipinski definition) is 4. The first-order valence-corrected chi connectivity index (χ1v) is 11.3. The maximum absolute atomic E-state index is 12.7. The van der Waals surface area contributed by atoms with Crippen molar-refractivity contribution in [2.24, 2.45) is 23.7 Å². The topological polar surface area (TPSA) is 52.9 Å². The van der Waals surface area contributed by atoms with E-state index in [4.69, 9.17) is 0 Å². The summed E-state index contributed by atoms with van der Waals surface area (Å²) in [4.78, 5) is 22.1. The number of aromatic nitrogens is 2. The van der Waals surface area contributed by atoms with E-state index < -0.39 is 0 Å². The fourth-order valence-electron chi connectivity index (χ4n) is 6.41. The number of carbonyl (C=O) groups excluding carboxylic acids is 1. The van der Waals surface area contributed by atoms with Crippen LogP contribution in [-0.4, -0.2) is 58.3 Å². The second-order valence-corrected chi connectivity index (χ2v) is 9.63. The van der Waals surface area contributed by atoms with Crippen LogP contribution in [0.25, 0.3) is 5.65 Å². The number of amides is 1. The van der Waals surface area contributed by atoms with Crippen molar-refractivity contribution in [3.8, 4) is 0 Å². The molecule has 1 N–H and O–H groups in total. The molecule has 2 aromatic heterocycles. The van der Waals surface area contributed by atoms with Gasteiger partial charge in [0, 0.05) is 56.4 Å². The summed E-state index contributed by atoms with van der Waals surface area (Å²) in [7, 11) is 4.44. The zero-order chi connectivity index (χ0) is 21.1. The van der Waals surface area contributed by atoms with Crippen LogP contribution in [0.2, 0.25) is 0 Å². The van der Waals surface area contributed by atoms with Gasteiger partial charge in [0.15, 0.2) is 0 Å². The fourth-order valence-corrected chi connectivity index (χ4v) is 6.41. The van der Waals surface area contributed by atoms with E-state index in [2.05, 4.69) is 58.6 Å². The summed E-state index contributed by atoms with van der Waals surface area (Å²) in [5.74, 6) is 2.12. The summed E-state index contributed by atoms with van der Waals surface area (Å²) in [6, 6.07) is 6.39. The zero-order valence-electron chi connectivity index (χ0n) is 18.1. The highest BCUT2D eigenvalue weighted by atomic mass is 16.1. The van der Waals surface area contributed by atoms with Crippen LogP contribution in [0.4, 0.5) is 0 Å². The Hall–Kier alpha value is -2.86. The maximum atomic E-state index is 12.7. The first-order chi connectivity index (χ1) is 15.1. The number of nitrogens with one attached hydrogen (secondary N) is 1. The van der Waals surface area contributed by atoms with E-state index in [1.54, 1.807) is 11.8 Å². The molecule has 2 aliphatic heterocycles. The summed E-state index contributed by atoms with van der Waals surface area (Å²) in [5, 5.41) is 3.16. The second kappa shape index (κ2) is 7.09. The van der Waals surface area contributed by atoms with E-state index in [9.17, 15) is 4.79 Å². The molecule has 6 rings (SSSR count). The van der Waals surface area contributed by atoms with Gasteiger partial charge in [-0.2, -0.15) is 0 Å². The minimum Gasteiger partial charge on any atom is -0.354 e. The van der Waals surface area contributed by atoms with Crippen LogP contribution >= 0.6 is 0 Å². The molecule has 0 radical (unpaired) electrons. The van der Waals surface area contributed by atoms with Gasteiger partial charge in [-0.05, 0) is 61.4 Å². The van der Waals surface area contributed by atoms with Crippen LogP contribution in [-0.2, 0) is 0 Å². The first kappa shape index (κ1) is 18.9. The van der Waals surface area contributed by atoms with Gasteiger partial charge in [-0.3, -0.25) is 4.79 Å². The molecule has 1 amide bonds. The third kappa shape index (κ3) is 3.04. The van der Waals surface area contributed by atoms with Crippen molar-refractivity contribution in [2.75, 3.05) is 27.2 Å². The molecule has 2 unspecified atom stereocenters. The van der Waals surface area contributed by atoms with Crippen molar-refractivity contribution in [1.29, 1.82) is 0 Å². The van der Waals surface area contributed by atoms with Gasteiger partial charge in [0.05, 0.1) is 0 Å². The third-order valence-electron chi connectivity index (χ3n) is 7.77. The Morgan fingerprint density at radius 3 is 3.06 bits per heavy atom. The molecule has 31 heavy (non-hydrogen) atoms. The summed E-state index contributed by atoms with van der Waals surface area (Å²) < 4.78 is 1.89. The smallest absolute Gasteiger partial charge is 0.271 e. The number of hydrogen-bond donors (Lipinski definition) is 1. The summed E-state index contributed by atoms with van der Waals surface area (Å²) in [6.45, 7) is 1.73. The predicted octanol–water partition coefficient (Wildman–Crippen LogP) is 2.92. The summed E-state index contributed by atoms with van der Waals surface area (Å²) in [6.07, 6.45) is 15.4. The molecule has 2 aliphatic carbocycles. The lowest BCUT2D eigenvalue weighted by Gasteiger charge is -2.51. The van der Waals surface area contributed by atoms with Gasteiger partial charge in [0.2, 0.25) is 0 Å². The molecule has 5 atom stereocenters. The molecule has 0 spiro atoms. The second-order valence-electron chi connectivity index (χ2n) is 9.63. The third-order valence-corrected chi connectivity index (χ3v) is 7.77. The van der Waals surface area contributed by atoms with Crippen LogP contribution in [0, 0.1) is 23.7 Å². The Morgan fingerprint density at radius 2 is 2.19 bits per heavy atom. The van der Waals surface area contributed by atoms with E-state index in [0.717, 1.165) is 25.0 Å². The van der Waals surface area contributed by atoms with Gasteiger partial charge in [0.25, 0.3) is 5.91 Å². The van der Waals surface area contributed by atoms with Crippen LogP contribution < -0.4 is 5.32 Å². The number of carbonyl (C=O) groups is 1. The molecule has 160 valence electrons. The molecular formula is C25H29N5O. The molecule has 1 saturated heterocycles. The van der Waals surface area contributed by atoms with E-state index >= 15 is 0 Å². The predicted molar refractivity (Wildman–Crippen MR) is 120 cm³/mol. The molecule has 4 aliphatic rings. The molecule has 6 heteroatoms. The van der Waals surface area contributed by atoms with Gasteiger partial charge in [0.1, 0.15) is 11.3 Å². The molecular weight excluding hydrogens is 386 g/mol. The largest absolute Gasteiger partial charge is 0.354 e.